The van der Waals surface area contributed by atoms with Crippen molar-refractivity contribution in [3.63, 3.8) is 0 Å². The smallest absolute Gasteiger partial charge is 0.255 e. The first-order valence-corrected chi connectivity index (χ1v) is 9.14. The monoisotopic (exact) mass is 332 g/mol. The zero-order valence-corrected chi connectivity index (χ0v) is 14.1. The van der Waals surface area contributed by atoms with Crippen molar-refractivity contribution in [1.82, 2.24) is 4.98 Å². The molecule has 0 aliphatic heterocycles. The van der Waals surface area contributed by atoms with Crippen molar-refractivity contribution in [2.45, 2.75) is 31.6 Å². The largest absolute Gasteiger partial charge is 0.322 e. The molecule has 0 radical (unpaired) electrons. The summed E-state index contributed by atoms with van der Waals surface area (Å²) in [5, 5.41) is 2.76. The molecule has 122 valence electrons. The number of hydrogen-bond acceptors (Lipinski definition) is 4. The molecule has 1 amide bonds. The molecule has 0 saturated carbocycles. The highest BCUT2D eigenvalue weighted by Gasteiger charge is 2.14. The molecule has 1 heterocycles. The summed E-state index contributed by atoms with van der Waals surface area (Å²) in [5.74, 6) is -0.154. The first-order valence-electron chi connectivity index (χ1n) is 7.49. The number of pyridine rings is 1. The number of unbranched alkanes of at least 4 members (excludes halogenated alkanes) is 1. The molecule has 1 N–H and O–H groups in total. The average molecular weight is 332 g/mol. The molecule has 0 aliphatic rings. The van der Waals surface area contributed by atoms with Gasteiger partial charge in [0.25, 0.3) is 5.91 Å². The number of anilines is 1. The normalized spacial score (nSPS) is 11.2. The summed E-state index contributed by atoms with van der Waals surface area (Å²) in [6.07, 6.45) is 3.07. The van der Waals surface area contributed by atoms with E-state index in [0.717, 1.165) is 12.1 Å². The number of amides is 1. The Labute approximate surface area is 136 Å². The molecule has 2 aromatic rings. The van der Waals surface area contributed by atoms with E-state index >= 15 is 0 Å². The Balaban J connectivity index is 2.11. The van der Waals surface area contributed by atoms with Crippen LogP contribution in [0.3, 0.4) is 0 Å². The summed E-state index contributed by atoms with van der Waals surface area (Å²) in [5.41, 5.74) is 1.87. The van der Waals surface area contributed by atoms with Crippen LogP contribution in [0.4, 0.5) is 5.69 Å². The van der Waals surface area contributed by atoms with Gasteiger partial charge in [-0.15, -0.1) is 0 Å². The number of nitrogens with zero attached hydrogens (tertiary/aromatic N) is 1. The van der Waals surface area contributed by atoms with Crippen molar-refractivity contribution in [3.05, 3.63) is 53.9 Å². The summed E-state index contributed by atoms with van der Waals surface area (Å²) < 4.78 is 24.2. The summed E-state index contributed by atoms with van der Waals surface area (Å²) in [6.45, 7) is 3.79. The topological polar surface area (TPSA) is 76.1 Å². The third-order valence-electron chi connectivity index (χ3n) is 3.40. The first kappa shape index (κ1) is 17.1. The number of nitrogens with one attached hydrogen (secondary N) is 1. The lowest BCUT2D eigenvalue weighted by molar-refractivity contribution is 0.102. The third kappa shape index (κ3) is 4.63. The number of aromatic nitrogens is 1. The van der Waals surface area contributed by atoms with E-state index in [2.05, 4.69) is 10.3 Å². The molecule has 1 aromatic carbocycles. The lowest BCUT2D eigenvalue weighted by Gasteiger charge is -2.07. The second kappa shape index (κ2) is 7.37. The fourth-order valence-corrected chi connectivity index (χ4v) is 3.55. The van der Waals surface area contributed by atoms with Crippen molar-refractivity contribution in [3.8, 4) is 0 Å². The molecule has 23 heavy (non-hydrogen) atoms. The van der Waals surface area contributed by atoms with Crippen LogP contribution in [0.5, 0.6) is 0 Å². The maximum atomic E-state index is 12.2. The predicted molar refractivity (Wildman–Crippen MR) is 90.3 cm³/mol. The van der Waals surface area contributed by atoms with E-state index in [0.29, 0.717) is 17.7 Å². The van der Waals surface area contributed by atoms with Crippen LogP contribution in [0.25, 0.3) is 0 Å². The highest BCUT2D eigenvalue weighted by atomic mass is 32.2. The molecule has 6 heteroatoms. The maximum Gasteiger partial charge on any atom is 0.255 e. The van der Waals surface area contributed by atoms with E-state index in [1.54, 1.807) is 18.3 Å². The third-order valence-corrected chi connectivity index (χ3v) is 5.21. The molecule has 0 spiro atoms. The van der Waals surface area contributed by atoms with Gasteiger partial charge in [-0.1, -0.05) is 13.3 Å². The maximum absolute atomic E-state index is 12.2. The SMILES string of the molecule is CCCCS(=O)(=O)c1ccc(C(=O)Nc2ccnc(C)c2)cc1. The molecule has 0 atom stereocenters. The quantitative estimate of drug-likeness (QED) is 0.881. The fourth-order valence-electron chi connectivity index (χ4n) is 2.09. The Bertz CT molecular complexity index is 784. The van der Waals surface area contributed by atoms with Crippen molar-refractivity contribution >= 4 is 21.4 Å². The molecule has 0 aliphatic carbocycles. The molecule has 0 unspecified atom stereocenters. The van der Waals surface area contributed by atoms with Gasteiger partial charge in [0.1, 0.15) is 0 Å². The first-order chi connectivity index (χ1) is 10.9. The van der Waals surface area contributed by atoms with Crippen LogP contribution in [0.1, 0.15) is 35.8 Å². The Morgan fingerprint density at radius 2 is 1.87 bits per heavy atom. The summed E-state index contributed by atoms with van der Waals surface area (Å²) >= 11 is 0. The van der Waals surface area contributed by atoms with E-state index in [9.17, 15) is 13.2 Å². The lowest BCUT2D eigenvalue weighted by atomic mass is 10.2. The molecule has 0 fully saturated rings. The van der Waals surface area contributed by atoms with Gasteiger partial charge in [0.05, 0.1) is 10.6 Å². The highest BCUT2D eigenvalue weighted by Crippen LogP contribution is 2.15. The number of carbonyl (C=O) groups is 1. The number of sulfone groups is 1. The molecule has 0 bridgehead atoms. The van der Waals surface area contributed by atoms with E-state index in [1.165, 1.54) is 24.3 Å². The van der Waals surface area contributed by atoms with Crippen LogP contribution in [-0.4, -0.2) is 25.1 Å². The number of hydrogen-bond donors (Lipinski definition) is 1. The second-order valence-corrected chi connectivity index (χ2v) is 7.45. The van der Waals surface area contributed by atoms with E-state index in [4.69, 9.17) is 0 Å². The summed E-state index contributed by atoms with van der Waals surface area (Å²) in [6, 6.07) is 9.50. The predicted octanol–water partition coefficient (Wildman–Crippen LogP) is 3.22. The number of benzene rings is 1. The Morgan fingerprint density at radius 1 is 1.17 bits per heavy atom. The zero-order chi connectivity index (χ0) is 16.9. The van der Waals surface area contributed by atoms with E-state index < -0.39 is 9.84 Å². The van der Waals surface area contributed by atoms with Crippen LogP contribution in [0.2, 0.25) is 0 Å². The lowest BCUT2D eigenvalue weighted by Crippen LogP contribution is -2.13. The molecule has 5 nitrogen and oxygen atoms in total. The van der Waals surface area contributed by atoms with Crippen LogP contribution in [-0.2, 0) is 9.84 Å². The van der Waals surface area contributed by atoms with Crippen LogP contribution in [0.15, 0.2) is 47.5 Å². The fraction of sp³-hybridized carbons (Fsp3) is 0.294. The minimum Gasteiger partial charge on any atom is -0.322 e. The number of carbonyl (C=O) groups excluding carboxylic acids is 1. The molecule has 1 aromatic heterocycles. The Morgan fingerprint density at radius 3 is 2.48 bits per heavy atom. The molecule has 0 saturated heterocycles. The number of aryl methyl sites for hydroxylation is 1. The molecule has 2 rings (SSSR count). The van der Waals surface area contributed by atoms with Gasteiger partial charge in [-0.25, -0.2) is 8.42 Å². The van der Waals surface area contributed by atoms with Crippen LogP contribution >= 0.6 is 0 Å². The van der Waals surface area contributed by atoms with Crippen molar-refractivity contribution in [2.24, 2.45) is 0 Å². The number of rotatable bonds is 6. The highest BCUT2D eigenvalue weighted by molar-refractivity contribution is 7.91. The average Bonchev–Trinajstić information content (AvgIpc) is 2.53. The second-order valence-electron chi connectivity index (χ2n) is 5.34. The molecular formula is C17H20N2O3S. The van der Waals surface area contributed by atoms with E-state index in [-0.39, 0.29) is 16.6 Å². The van der Waals surface area contributed by atoms with Crippen LogP contribution in [0, 0.1) is 6.92 Å². The minimum absolute atomic E-state index is 0.130. The van der Waals surface area contributed by atoms with Gasteiger partial charge in [0.15, 0.2) is 9.84 Å². The van der Waals surface area contributed by atoms with Crippen LogP contribution < -0.4 is 5.32 Å². The van der Waals surface area contributed by atoms with Gasteiger partial charge in [-0.2, -0.15) is 0 Å². The van der Waals surface area contributed by atoms with Gasteiger partial charge in [0.2, 0.25) is 0 Å². The van der Waals surface area contributed by atoms with Gasteiger partial charge < -0.3 is 5.32 Å². The van der Waals surface area contributed by atoms with Crippen molar-refractivity contribution in [1.29, 1.82) is 0 Å². The van der Waals surface area contributed by atoms with Gasteiger partial charge in [-0.3, -0.25) is 9.78 Å². The summed E-state index contributed by atoms with van der Waals surface area (Å²) in [4.78, 5) is 16.5. The van der Waals surface area contributed by atoms with Gasteiger partial charge in [-0.05, 0) is 49.7 Å². The zero-order valence-electron chi connectivity index (χ0n) is 13.2. The van der Waals surface area contributed by atoms with Gasteiger partial charge in [0, 0.05) is 23.1 Å². The van der Waals surface area contributed by atoms with Crippen molar-refractivity contribution < 1.29 is 13.2 Å². The standard InChI is InChI=1S/C17H20N2O3S/c1-3-4-11-23(21,22)16-7-5-14(6-8-16)17(20)19-15-9-10-18-13(2)12-15/h5-10,12H,3-4,11H2,1-2H3,(H,18,19,20). The minimum atomic E-state index is -3.27. The molecular weight excluding hydrogens is 312 g/mol. The Kier molecular flexibility index (Phi) is 5.50. The Hall–Kier alpha value is -2.21. The van der Waals surface area contributed by atoms with Crippen molar-refractivity contribution in [2.75, 3.05) is 11.1 Å². The van der Waals surface area contributed by atoms with E-state index in [1.807, 2.05) is 13.8 Å². The summed E-state index contributed by atoms with van der Waals surface area (Å²) in [7, 11) is -3.27. The van der Waals surface area contributed by atoms with Gasteiger partial charge >= 0.3 is 0 Å².